The predicted octanol–water partition coefficient (Wildman–Crippen LogP) is 3.16. The quantitative estimate of drug-likeness (QED) is 0.483. The topological polar surface area (TPSA) is 26.3 Å². The molecule has 0 saturated heterocycles. The summed E-state index contributed by atoms with van der Waals surface area (Å²) < 4.78 is 4.11. The maximum Gasteiger partial charge on any atom is 0.302 e. The van der Waals surface area contributed by atoms with Crippen molar-refractivity contribution in [3.8, 4) is 0 Å². The van der Waals surface area contributed by atoms with Crippen molar-refractivity contribution >= 4 is 5.97 Å². The molecule has 0 aromatic rings. The number of methoxy groups -OCH3 is 1. The van der Waals surface area contributed by atoms with Gasteiger partial charge in [-0.2, -0.15) is 0 Å². The van der Waals surface area contributed by atoms with Crippen LogP contribution in [0.15, 0.2) is 0 Å². The Morgan fingerprint density at radius 1 is 1.08 bits per heavy atom. The maximum absolute atomic E-state index is 9.59. The van der Waals surface area contributed by atoms with Gasteiger partial charge >= 0.3 is 5.97 Å². The van der Waals surface area contributed by atoms with Gasteiger partial charge in [-0.25, -0.2) is 0 Å². The summed E-state index contributed by atoms with van der Waals surface area (Å²) in [4.78, 5) is 9.59. The van der Waals surface area contributed by atoms with Crippen LogP contribution in [0.5, 0.6) is 0 Å². The summed E-state index contributed by atoms with van der Waals surface area (Å²) in [6, 6.07) is 0. The van der Waals surface area contributed by atoms with Crippen molar-refractivity contribution in [2.24, 2.45) is 0 Å². The second kappa shape index (κ2) is 13.1. The largest absolute Gasteiger partial charge is 0.469 e. The molecule has 0 radical (unpaired) electrons. The zero-order valence-electron chi connectivity index (χ0n) is 8.85. The SMILES string of the molecule is CCCCCCC.COC(C)=O. The highest BCUT2D eigenvalue weighted by atomic mass is 16.5. The van der Waals surface area contributed by atoms with Crippen molar-refractivity contribution in [2.45, 2.75) is 52.9 Å². The fourth-order valence-electron chi connectivity index (χ4n) is 0.677. The number of rotatable bonds is 4. The Bertz CT molecular complexity index is 85.8. The molecule has 0 heterocycles. The third kappa shape index (κ3) is 22.7. The molecular formula is C10H22O2. The highest BCUT2D eigenvalue weighted by molar-refractivity contribution is 5.65. The molecule has 0 aromatic heterocycles. The van der Waals surface area contributed by atoms with Crippen molar-refractivity contribution < 1.29 is 9.53 Å². The van der Waals surface area contributed by atoms with Crippen molar-refractivity contribution in [2.75, 3.05) is 7.11 Å². The van der Waals surface area contributed by atoms with Crippen LogP contribution in [0.3, 0.4) is 0 Å². The number of hydrogen-bond acceptors (Lipinski definition) is 2. The second-order valence-electron chi connectivity index (χ2n) is 2.76. The van der Waals surface area contributed by atoms with E-state index in [2.05, 4.69) is 18.6 Å². The highest BCUT2D eigenvalue weighted by Crippen LogP contribution is 2.00. The predicted molar refractivity (Wildman–Crippen MR) is 52.1 cm³/mol. The Labute approximate surface area is 76.3 Å². The van der Waals surface area contributed by atoms with Gasteiger partial charge in [-0.1, -0.05) is 46.0 Å². The van der Waals surface area contributed by atoms with E-state index in [4.69, 9.17) is 0 Å². The molecule has 74 valence electrons. The van der Waals surface area contributed by atoms with Gasteiger partial charge in [0.1, 0.15) is 0 Å². The average Bonchev–Trinajstić information content (AvgIpc) is 2.07. The van der Waals surface area contributed by atoms with Gasteiger partial charge in [-0.15, -0.1) is 0 Å². The van der Waals surface area contributed by atoms with Crippen molar-refractivity contribution in [3.63, 3.8) is 0 Å². The molecule has 0 rings (SSSR count). The Hall–Kier alpha value is -0.530. The normalized spacial score (nSPS) is 8.33. The van der Waals surface area contributed by atoms with Gasteiger partial charge in [0.15, 0.2) is 0 Å². The van der Waals surface area contributed by atoms with E-state index in [1.165, 1.54) is 46.1 Å². The molecular weight excluding hydrogens is 152 g/mol. The van der Waals surface area contributed by atoms with E-state index in [-0.39, 0.29) is 5.97 Å². The van der Waals surface area contributed by atoms with Crippen molar-refractivity contribution in [3.05, 3.63) is 0 Å². The molecule has 2 heteroatoms. The van der Waals surface area contributed by atoms with Crippen LogP contribution in [0.2, 0.25) is 0 Å². The number of carbonyl (C=O) groups is 1. The summed E-state index contributed by atoms with van der Waals surface area (Å²) in [6.45, 7) is 5.85. The van der Waals surface area contributed by atoms with Crippen LogP contribution in [0.25, 0.3) is 0 Å². The summed E-state index contributed by atoms with van der Waals surface area (Å²) in [5, 5.41) is 0. The zero-order valence-corrected chi connectivity index (χ0v) is 8.85. The summed E-state index contributed by atoms with van der Waals surface area (Å²) in [5.74, 6) is -0.245. The summed E-state index contributed by atoms with van der Waals surface area (Å²) in [5.41, 5.74) is 0. The summed E-state index contributed by atoms with van der Waals surface area (Å²) in [7, 11) is 1.35. The molecule has 0 aliphatic carbocycles. The molecule has 0 amide bonds. The van der Waals surface area contributed by atoms with E-state index < -0.39 is 0 Å². The van der Waals surface area contributed by atoms with E-state index in [0.29, 0.717) is 0 Å². The lowest BCUT2D eigenvalue weighted by atomic mass is 10.2. The van der Waals surface area contributed by atoms with Gasteiger partial charge in [0.05, 0.1) is 7.11 Å². The number of carbonyl (C=O) groups excluding carboxylic acids is 1. The molecule has 0 N–H and O–H groups in total. The monoisotopic (exact) mass is 174 g/mol. The van der Waals surface area contributed by atoms with Gasteiger partial charge in [-0.05, 0) is 0 Å². The fourth-order valence-corrected chi connectivity index (χ4v) is 0.677. The van der Waals surface area contributed by atoms with Crippen LogP contribution in [-0.2, 0) is 9.53 Å². The smallest absolute Gasteiger partial charge is 0.302 e. The van der Waals surface area contributed by atoms with Crippen LogP contribution < -0.4 is 0 Å². The number of hydrogen-bond donors (Lipinski definition) is 0. The number of esters is 1. The molecule has 0 spiro atoms. The molecule has 0 aliphatic rings. The Morgan fingerprint density at radius 2 is 1.42 bits per heavy atom. The van der Waals surface area contributed by atoms with Gasteiger partial charge < -0.3 is 4.74 Å². The van der Waals surface area contributed by atoms with Crippen LogP contribution in [-0.4, -0.2) is 13.1 Å². The molecule has 0 aromatic carbocycles. The molecule has 0 unspecified atom stereocenters. The Balaban J connectivity index is 0. The van der Waals surface area contributed by atoms with Crippen LogP contribution in [0.1, 0.15) is 52.9 Å². The van der Waals surface area contributed by atoms with E-state index in [1.54, 1.807) is 0 Å². The van der Waals surface area contributed by atoms with Gasteiger partial charge in [0.25, 0.3) is 0 Å². The maximum atomic E-state index is 9.59. The number of ether oxygens (including phenoxy) is 1. The van der Waals surface area contributed by atoms with Gasteiger partial charge in [0.2, 0.25) is 0 Å². The van der Waals surface area contributed by atoms with Crippen molar-refractivity contribution in [1.29, 1.82) is 0 Å². The molecule has 0 fully saturated rings. The first-order chi connectivity index (χ1) is 5.68. The minimum absolute atomic E-state index is 0.245. The fraction of sp³-hybridized carbons (Fsp3) is 0.900. The molecule has 0 bridgehead atoms. The van der Waals surface area contributed by atoms with Crippen LogP contribution in [0, 0.1) is 0 Å². The lowest BCUT2D eigenvalue weighted by Gasteiger charge is -1.90. The minimum atomic E-state index is -0.245. The van der Waals surface area contributed by atoms with E-state index >= 15 is 0 Å². The Kier molecular flexibility index (Phi) is 15.3. The number of unbranched alkanes of at least 4 members (excludes halogenated alkanes) is 4. The minimum Gasteiger partial charge on any atom is -0.469 e. The summed E-state index contributed by atoms with van der Waals surface area (Å²) >= 11 is 0. The molecule has 0 aliphatic heterocycles. The second-order valence-corrected chi connectivity index (χ2v) is 2.76. The third-order valence-electron chi connectivity index (χ3n) is 1.49. The van der Waals surface area contributed by atoms with Crippen LogP contribution >= 0.6 is 0 Å². The van der Waals surface area contributed by atoms with Gasteiger partial charge in [0, 0.05) is 6.92 Å². The van der Waals surface area contributed by atoms with E-state index in [1.807, 2.05) is 0 Å². The first kappa shape index (κ1) is 14.0. The molecule has 0 saturated carbocycles. The molecule has 2 nitrogen and oxygen atoms in total. The molecule has 12 heavy (non-hydrogen) atoms. The van der Waals surface area contributed by atoms with Crippen LogP contribution in [0.4, 0.5) is 0 Å². The lowest BCUT2D eigenvalue weighted by molar-refractivity contribution is -0.137. The third-order valence-corrected chi connectivity index (χ3v) is 1.49. The lowest BCUT2D eigenvalue weighted by Crippen LogP contribution is -1.88. The first-order valence-corrected chi connectivity index (χ1v) is 4.73. The van der Waals surface area contributed by atoms with Gasteiger partial charge in [-0.3, -0.25) is 4.79 Å². The Morgan fingerprint density at radius 3 is 1.58 bits per heavy atom. The molecule has 0 atom stereocenters. The van der Waals surface area contributed by atoms with E-state index in [0.717, 1.165) is 0 Å². The average molecular weight is 174 g/mol. The highest BCUT2D eigenvalue weighted by Gasteiger charge is 1.80. The van der Waals surface area contributed by atoms with E-state index in [9.17, 15) is 4.79 Å². The first-order valence-electron chi connectivity index (χ1n) is 4.73. The standard InChI is InChI=1S/C7H16.C3H6O2/c1-3-5-7-6-4-2;1-3(4)5-2/h3-7H2,1-2H3;1-2H3. The zero-order chi connectivity index (χ0) is 9.82. The summed E-state index contributed by atoms with van der Waals surface area (Å²) in [6.07, 6.45) is 7.01. The van der Waals surface area contributed by atoms with Crippen molar-refractivity contribution in [1.82, 2.24) is 0 Å².